The number of para-hydroxylation sites is 2. The standard InChI is InChI=1S/C32H44N4O3S/c1-4-6-15-30(37)35(27-18-16-26(17-19-27)34-20-10-7-11-21-34)22-12-23-40-32-33-28-13-8-9-14-29(28)36(32)24-31(38)39-25(3)5-2/h8-9,13-14,16-19,25H,4-7,10-12,15,20-24H2,1-3H3. The van der Waals surface area contributed by atoms with Crippen LogP contribution in [0, 0.1) is 0 Å². The molecule has 1 unspecified atom stereocenters. The lowest BCUT2D eigenvalue weighted by Gasteiger charge is -2.29. The zero-order valence-electron chi connectivity index (χ0n) is 24.3. The van der Waals surface area contributed by atoms with Crippen LogP contribution < -0.4 is 9.80 Å². The van der Waals surface area contributed by atoms with Gasteiger partial charge in [-0.2, -0.15) is 0 Å². The van der Waals surface area contributed by atoms with Gasteiger partial charge in [0, 0.05) is 43.2 Å². The first-order valence-electron chi connectivity index (χ1n) is 14.9. The maximum atomic E-state index is 13.2. The molecule has 1 fully saturated rings. The first-order valence-corrected chi connectivity index (χ1v) is 15.9. The summed E-state index contributed by atoms with van der Waals surface area (Å²) in [6, 6.07) is 16.4. The number of nitrogens with zero attached hydrogens (tertiary/aromatic N) is 4. The molecule has 4 rings (SSSR count). The van der Waals surface area contributed by atoms with Gasteiger partial charge in [0.25, 0.3) is 0 Å². The maximum Gasteiger partial charge on any atom is 0.326 e. The average molecular weight is 565 g/mol. The maximum absolute atomic E-state index is 13.2. The molecule has 1 atom stereocenters. The van der Waals surface area contributed by atoms with Crippen LogP contribution in [0.25, 0.3) is 11.0 Å². The summed E-state index contributed by atoms with van der Waals surface area (Å²) < 4.78 is 7.50. The molecule has 216 valence electrons. The molecule has 1 saturated heterocycles. The number of esters is 1. The highest BCUT2D eigenvalue weighted by Gasteiger charge is 2.19. The Morgan fingerprint density at radius 1 is 1.02 bits per heavy atom. The number of thioether (sulfide) groups is 1. The van der Waals surface area contributed by atoms with E-state index in [1.54, 1.807) is 11.8 Å². The van der Waals surface area contributed by atoms with Crippen LogP contribution in [-0.2, 0) is 20.9 Å². The van der Waals surface area contributed by atoms with Crippen LogP contribution in [0.4, 0.5) is 11.4 Å². The van der Waals surface area contributed by atoms with Crippen molar-refractivity contribution in [1.82, 2.24) is 9.55 Å². The minimum absolute atomic E-state index is 0.108. The molecule has 2 aromatic carbocycles. The topological polar surface area (TPSA) is 67.7 Å². The Kier molecular flexibility index (Phi) is 11.3. The predicted octanol–water partition coefficient (Wildman–Crippen LogP) is 7.07. The Labute approximate surface area is 243 Å². The van der Waals surface area contributed by atoms with Gasteiger partial charge in [-0.05, 0) is 81.8 Å². The first kappa shape index (κ1) is 30.0. The van der Waals surface area contributed by atoms with Crippen LogP contribution >= 0.6 is 11.8 Å². The fourth-order valence-corrected chi connectivity index (χ4v) is 5.97. The Morgan fingerprint density at radius 3 is 2.50 bits per heavy atom. The zero-order chi connectivity index (χ0) is 28.3. The number of carbonyl (C=O) groups excluding carboxylic acids is 2. The van der Waals surface area contributed by atoms with Crippen molar-refractivity contribution in [3.8, 4) is 0 Å². The zero-order valence-corrected chi connectivity index (χ0v) is 25.1. The van der Waals surface area contributed by atoms with E-state index in [1.165, 1.54) is 24.9 Å². The molecule has 0 aliphatic carbocycles. The lowest BCUT2D eigenvalue weighted by molar-refractivity contribution is -0.149. The molecule has 0 bridgehead atoms. The third-order valence-electron chi connectivity index (χ3n) is 7.50. The van der Waals surface area contributed by atoms with Crippen molar-refractivity contribution in [2.24, 2.45) is 0 Å². The number of rotatable bonds is 14. The molecule has 1 aliphatic heterocycles. The normalized spacial score (nSPS) is 14.3. The summed E-state index contributed by atoms with van der Waals surface area (Å²) in [4.78, 5) is 35.0. The number of unbranched alkanes of at least 4 members (excludes halogenated alkanes) is 1. The summed E-state index contributed by atoms with van der Waals surface area (Å²) in [5, 5.41) is 0.803. The van der Waals surface area contributed by atoms with E-state index in [4.69, 9.17) is 9.72 Å². The molecule has 8 heteroatoms. The number of hydrogen-bond acceptors (Lipinski definition) is 6. The van der Waals surface area contributed by atoms with Crippen molar-refractivity contribution in [3.63, 3.8) is 0 Å². The smallest absolute Gasteiger partial charge is 0.326 e. The van der Waals surface area contributed by atoms with E-state index < -0.39 is 0 Å². The van der Waals surface area contributed by atoms with E-state index >= 15 is 0 Å². The number of benzene rings is 2. The lowest BCUT2D eigenvalue weighted by atomic mass is 10.1. The second kappa shape index (κ2) is 15.1. The summed E-state index contributed by atoms with van der Waals surface area (Å²) in [6.45, 7) is 9.03. The summed E-state index contributed by atoms with van der Waals surface area (Å²) in [5.41, 5.74) is 4.00. The number of carbonyl (C=O) groups is 2. The molecule has 0 N–H and O–H groups in total. The molecule has 1 amide bonds. The lowest BCUT2D eigenvalue weighted by Crippen LogP contribution is -2.32. The molecule has 40 heavy (non-hydrogen) atoms. The van der Waals surface area contributed by atoms with Crippen LogP contribution in [-0.4, -0.2) is 52.9 Å². The Hall–Kier alpha value is -3.00. The number of imidazole rings is 1. The third-order valence-corrected chi connectivity index (χ3v) is 8.56. The highest BCUT2D eigenvalue weighted by atomic mass is 32.2. The molecular formula is C32H44N4O3S. The first-order chi connectivity index (χ1) is 19.5. The van der Waals surface area contributed by atoms with Crippen LogP contribution in [0.2, 0.25) is 0 Å². The van der Waals surface area contributed by atoms with E-state index in [-0.39, 0.29) is 24.5 Å². The fourth-order valence-electron chi connectivity index (χ4n) is 5.03. The van der Waals surface area contributed by atoms with Gasteiger partial charge in [0.1, 0.15) is 6.54 Å². The van der Waals surface area contributed by atoms with Crippen molar-refractivity contribution in [1.29, 1.82) is 0 Å². The van der Waals surface area contributed by atoms with Gasteiger partial charge in [0.2, 0.25) is 5.91 Å². The predicted molar refractivity (Wildman–Crippen MR) is 165 cm³/mol. The molecule has 3 aromatic rings. The molecular weight excluding hydrogens is 520 g/mol. The molecule has 1 aromatic heterocycles. The van der Waals surface area contributed by atoms with Crippen molar-refractivity contribution in [2.75, 3.05) is 35.2 Å². The molecule has 1 aliphatic rings. The van der Waals surface area contributed by atoms with Crippen LogP contribution in [0.5, 0.6) is 0 Å². The van der Waals surface area contributed by atoms with Gasteiger partial charge in [0.15, 0.2) is 5.16 Å². The number of hydrogen-bond donors (Lipinski definition) is 0. The minimum Gasteiger partial charge on any atom is -0.461 e. The Morgan fingerprint density at radius 2 is 1.77 bits per heavy atom. The van der Waals surface area contributed by atoms with Crippen molar-refractivity contribution < 1.29 is 14.3 Å². The molecule has 2 heterocycles. The fraction of sp³-hybridized carbons (Fsp3) is 0.531. The van der Waals surface area contributed by atoms with E-state index in [9.17, 15) is 9.59 Å². The second-order valence-electron chi connectivity index (χ2n) is 10.6. The number of ether oxygens (including phenoxy) is 1. The minimum atomic E-state index is -0.250. The number of aromatic nitrogens is 2. The van der Waals surface area contributed by atoms with Gasteiger partial charge in [-0.1, -0.05) is 44.2 Å². The summed E-state index contributed by atoms with van der Waals surface area (Å²) in [7, 11) is 0. The molecule has 7 nitrogen and oxygen atoms in total. The number of fused-ring (bicyclic) bond motifs is 1. The monoisotopic (exact) mass is 564 g/mol. The van der Waals surface area contributed by atoms with Crippen LogP contribution in [0.3, 0.4) is 0 Å². The largest absolute Gasteiger partial charge is 0.461 e. The van der Waals surface area contributed by atoms with Gasteiger partial charge < -0.3 is 19.1 Å². The summed E-state index contributed by atoms with van der Waals surface area (Å²) in [6.07, 6.45) is 7.75. The summed E-state index contributed by atoms with van der Waals surface area (Å²) >= 11 is 1.63. The van der Waals surface area contributed by atoms with Gasteiger partial charge in [-0.25, -0.2) is 4.98 Å². The average Bonchev–Trinajstić information content (AvgIpc) is 3.33. The van der Waals surface area contributed by atoms with Crippen molar-refractivity contribution in [3.05, 3.63) is 48.5 Å². The molecule has 0 saturated carbocycles. The van der Waals surface area contributed by atoms with Gasteiger partial charge in [-0.15, -0.1) is 0 Å². The molecule has 0 spiro atoms. The molecule has 0 radical (unpaired) electrons. The number of anilines is 2. The van der Waals surface area contributed by atoms with E-state index in [2.05, 4.69) is 36.1 Å². The summed E-state index contributed by atoms with van der Waals surface area (Å²) in [5.74, 6) is 0.713. The van der Waals surface area contributed by atoms with Gasteiger partial charge in [0.05, 0.1) is 17.1 Å². The Balaban J connectivity index is 1.41. The van der Waals surface area contributed by atoms with Gasteiger partial charge >= 0.3 is 5.97 Å². The van der Waals surface area contributed by atoms with Crippen LogP contribution in [0.15, 0.2) is 53.7 Å². The van der Waals surface area contributed by atoms with E-state index in [1.807, 2.05) is 47.6 Å². The van der Waals surface area contributed by atoms with Crippen LogP contribution in [0.1, 0.15) is 72.1 Å². The number of amides is 1. The number of piperidine rings is 1. The highest BCUT2D eigenvalue weighted by molar-refractivity contribution is 7.99. The van der Waals surface area contributed by atoms with Gasteiger partial charge in [-0.3, -0.25) is 9.59 Å². The highest BCUT2D eigenvalue weighted by Crippen LogP contribution is 2.27. The van der Waals surface area contributed by atoms with E-state index in [0.717, 1.165) is 66.4 Å². The second-order valence-corrected chi connectivity index (χ2v) is 11.7. The van der Waals surface area contributed by atoms with E-state index in [0.29, 0.717) is 13.0 Å². The third kappa shape index (κ3) is 8.03. The Bertz CT molecular complexity index is 1240. The SMILES string of the molecule is CCCCC(=O)N(CCCSc1nc2ccccc2n1CC(=O)OC(C)CC)c1ccc(N2CCCCC2)cc1. The van der Waals surface area contributed by atoms with Crippen molar-refractivity contribution >= 4 is 46.0 Å². The quantitative estimate of drug-likeness (QED) is 0.118. The van der Waals surface area contributed by atoms with Crippen molar-refractivity contribution in [2.45, 2.75) is 89.9 Å².